The second kappa shape index (κ2) is 4.90. The molecule has 0 radical (unpaired) electrons. The molecule has 1 atom stereocenters. The summed E-state index contributed by atoms with van der Waals surface area (Å²) in [6, 6.07) is 4.06. The average molecular weight is 223 g/mol. The normalized spacial score (nSPS) is 21.5. The van der Waals surface area contributed by atoms with Crippen LogP contribution < -0.4 is 5.32 Å². The van der Waals surface area contributed by atoms with E-state index in [2.05, 4.69) is 18.3 Å². The first kappa shape index (κ1) is 10.8. The van der Waals surface area contributed by atoms with Crippen LogP contribution in [0.1, 0.15) is 34.3 Å². The van der Waals surface area contributed by atoms with Crippen molar-refractivity contribution in [3.63, 3.8) is 0 Å². The number of carbonyl (C=O) groups is 1. The lowest BCUT2D eigenvalue weighted by Crippen LogP contribution is -2.34. The summed E-state index contributed by atoms with van der Waals surface area (Å²) in [6.45, 7) is 4.05. The molecule has 1 saturated heterocycles. The second-order valence-corrected chi connectivity index (χ2v) is 5.20. The number of rotatable bonds is 3. The molecule has 0 aliphatic carbocycles. The zero-order chi connectivity index (χ0) is 10.7. The van der Waals surface area contributed by atoms with Gasteiger partial charge in [0.1, 0.15) is 0 Å². The predicted molar refractivity (Wildman–Crippen MR) is 63.6 cm³/mol. The topological polar surface area (TPSA) is 29.1 Å². The molecule has 1 aliphatic rings. The van der Waals surface area contributed by atoms with E-state index < -0.39 is 0 Å². The first-order valence-corrected chi connectivity index (χ1v) is 6.46. The van der Waals surface area contributed by atoms with Crippen LogP contribution in [0, 0.1) is 5.92 Å². The van der Waals surface area contributed by atoms with Crippen molar-refractivity contribution in [2.24, 2.45) is 5.92 Å². The fraction of sp³-hybridized carbons (Fsp3) is 0.583. The third-order valence-electron chi connectivity index (χ3n) is 2.92. The Hall–Kier alpha value is -0.670. The number of carbonyl (C=O) groups excluding carboxylic acids is 1. The average Bonchev–Trinajstić information content (AvgIpc) is 2.78. The summed E-state index contributed by atoms with van der Waals surface area (Å²) < 4.78 is 0. The number of Topliss-reactive ketones (excluding diaryl/α,β-unsaturated/α-hetero) is 1. The van der Waals surface area contributed by atoms with E-state index in [1.165, 1.54) is 4.88 Å². The van der Waals surface area contributed by atoms with Crippen LogP contribution in [0.3, 0.4) is 0 Å². The van der Waals surface area contributed by atoms with E-state index in [1.807, 2.05) is 6.07 Å². The lowest BCUT2D eigenvalue weighted by Gasteiger charge is -2.20. The highest BCUT2D eigenvalue weighted by Gasteiger charge is 2.23. The van der Waals surface area contributed by atoms with Crippen LogP contribution in [0.15, 0.2) is 12.1 Å². The van der Waals surface area contributed by atoms with Crippen LogP contribution in [0.25, 0.3) is 0 Å². The number of hydrogen-bond donors (Lipinski definition) is 1. The van der Waals surface area contributed by atoms with Gasteiger partial charge in [0.15, 0.2) is 5.78 Å². The van der Waals surface area contributed by atoms with Crippen LogP contribution >= 0.6 is 11.3 Å². The lowest BCUT2D eigenvalue weighted by atomic mass is 9.94. The standard InChI is InChI=1S/C12H17NOS/c1-2-10-5-6-11(15-10)12(14)9-4-3-7-13-8-9/h5-6,9,13H,2-4,7-8H2,1H3. The molecule has 2 heterocycles. The van der Waals surface area contributed by atoms with Crippen LogP contribution in [0.2, 0.25) is 0 Å². The Kier molecular flexibility index (Phi) is 3.54. The van der Waals surface area contributed by atoms with Gasteiger partial charge in [-0.05, 0) is 37.9 Å². The molecule has 1 aromatic rings. The van der Waals surface area contributed by atoms with E-state index in [0.29, 0.717) is 5.78 Å². The van der Waals surface area contributed by atoms with Gasteiger partial charge in [0, 0.05) is 17.3 Å². The highest BCUT2D eigenvalue weighted by atomic mass is 32.1. The molecule has 0 bridgehead atoms. The number of aryl methyl sites for hydroxylation is 1. The first-order valence-electron chi connectivity index (χ1n) is 5.65. The Bertz CT molecular complexity index is 339. The van der Waals surface area contributed by atoms with Gasteiger partial charge in [0.2, 0.25) is 0 Å². The van der Waals surface area contributed by atoms with Gasteiger partial charge in [0.05, 0.1) is 4.88 Å². The molecule has 1 aromatic heterocycles. The minimum atomic E-state index is 0.210. The molecule has 2 nitrogen and oxygen atoms in total. The Labute approximate surface area is 94.7 Å². The molecule has 2 rings (SSSR count). The summed E-state index contributed by atoms with van der Waals surface area (Å²) >= 11 is 1.66. The van der Waals surface area contributed by atoms with Crippen molar-refractivity contribution in [3.8, 4) is 0 Å². The van der Waals surface area contributed by atoms with Crippen LogP contribution in [-0.2, 0) is 6.42 Å². The van der Waals surface area contributed by atoms with E-state index in [9.17, 15) is 4.79 Å². The summed E-state index contributed by atoms with van der Waals surface area (Å²) in [5.74, 6) is 0.550. The van der Waals surface area contributed by atoms with E-state index in [0.717, 1.165) is 37.2 Å². The maximum Gasteiger partial charge on any atom is 0.177 e. The number of ketones is 1. The molecule has 1 N–H and O–H groups in total. The largest absolute Gasteiger partial charge is 0.316 e. The minimum Gasteiger partial charge on any atom is -0.316 e. The summed E-state index contributed by atoms with van der Waals surface area (Å²) in [5, 5.41) is 3.29. The van der Waals surface area contributed by atoms with E-state index in [-0.39, 0.29) is 5.92 Å². The van der Waals surface area contributed by atoms with Gasteiger partial charge >= 0.3 is 0 Å². The van der Waals surface area contributed by atoms with Gasteiger partial charge < -0.3 is 5.32 Å². The molecule has 1 fully saturated rings. The third kappa shape index (κ3) is 2.47. The predicted octanol–water partition coefficient (Wildman–Crippen LogP) is 2.49. The molecule has 3 heteroatoms. The smallest absolute Gasteiger partial charge is 0.177 e. The van der Waals surface area contributed by atoms with Crippen molar-refractivity contribution in [1.82, 2.24) is 5.32 Å². The molecule has 0 aromatic carbocycles. The molecule has 1 aliphatic heterocycles. The first-order chi connectivity index (χ1) is 7.31. The van der Waals surface area contributed by atoms with Gasteiger partial charge in [0.25, 0.3) is 0 Å². The molecule has 0 spiro atoms. The number of piperidine rings is 1. The fourth-order valence-corrected chi connectivity index (χ4v) is 2.94. The molecule has 0 amide bonds. The van der Waals surface area contributed by atoms with Gasteiger partial charge in [-0.15, -0.1) is 11.3 Å². The highest BCUT2D eigenvalue weighted by molar-refractivity contribution is 7.14. The van der Waals surface area contributed by atoms with E-state index >= 15 is 0 Å². The Morgan fingerprint density at radius 2 is 2.47 bits per heavy atom. The number of thiophene rings is 1. The molecule has 0 saturated carbocycles. The minimum absolute atomic E-state index is 0.210. The van der Waals surface area contributed by atoms with Crippen molar-refractivity contribution in [2.75, 3.05) is 13.1 Å². The molecule has 15 heavy (non-hydrogen) atoms. The van der Waals surface area contributed by atoms with Crippen molar-refractivity contribution in [2.45, 2.75) is 26.2 Å². The molecular weight excluding hydrogens is 206 g/mol. The van der Waals surface area contributed by atoms with Crippen molar-refractivity contribution in [3.05, 3.63) is 21.9 Å². The number of hydrogen-bond acceptors (Lipinski definition) is 3. The summed E-state index contributed by atoms with van der Waals surface area (Å²) in [6.07, 6.45) is 3.20. The summed E-state index contributed by atoms with van der Waals surface area (Å²) in [4.78, 5) is 14.4. The monoisotopic (exact) mass is 223 g/mol. The van der Waals surface area contributed by atoms with E-state index in [4.69, 9.17) is 0 Å². The lowest BCUT2D eigenvalue weighted by molar-refractivity contribution is 0.0904. The van der Waals surface area contributed by atoms with E-state index in [1.54, 1.807) is 11.3 Å². The molecule has 1 unspecified atom stereocenters. The summed E-state index contributed by atoms with van der Waals surface area (Å²) in [7, 11) is 0. The maximum absolute atomic E-state index is 12.1. The van der Waals surface area contributed by atoms with Crippen molar-refractivity contribution in [1.29, 1.82) is 0 Å². The van der Waals surface area contributed by atoms with Gasteiger partial charge in [-0.25, -0.2) is 0 Å². The second-order valence-electron chi connectivity index (χ2n) is 4.03. The SMILES string of the molecule is CCc1ccc(C(=O)C2CCCNC2)s1. The summed E-state index contributed by atoms with van der Waals surface area (Å²) in [5.41, 5.74) is 0. The number of nitrogens with one attached hydrogen (secondary N) is 1. The van der Waals surface area contributed by atoms with Crippen LogP contribution in [0.5, 0.6) is 0 Å². The maximum atomic E-state index is 12.1. The van der Waals surface area contributed by atoms with Gasteiger partial charge in [-0.1, -0.05) is 6.92 Å². The van der Waals surface area contributed by atoms with Gasteiger partial charge in [-0.3, -0.25) is 4.79 Å². The zero-order valence-corrected chi connectivity index (χ0v) is 9.90. The Morgan fingerprint density at radius 3 is 3.07 bits per heavy atom. The Morgan fingerprint density at radius 1 is 1.60 bits per heavy atom. The molecule has 82 valence electrons. The zero-order valence-electron chi connectivity index (χ0n) is 9.08. The van der Waals surface area contributed by atoms with Crippen LogP contribution in [-0.4, -0.2) is 18.9 Å². The third-order valence-corrected chi connectivity index (χ3v) is 4.16. The van der Waals surface area contributed by atoms with Gasteiger partial charge in [-0.2, -0.15) is 0 Å². The highest BCUT2D eigenvalue weighted by Crippen LogP contribution is 2.23. The van der Waals surface area contributed by atoms with Crippen LogP contribution in [0.4, 0.5) is 0 Å². The quantitative estimate of drug-likeness (QED) is 0.798. The van der Waals surface area contributed by atoms with Crippen molar-refractivity contribution < 1.29 is 4.79 Å². The Balaban J connectivity index is 2.05. The van der Waals surface area contributed by atoms with Crippen molar-refractivity contribution >= 4 is 17.1 Å². The fourth-order valence-electron chi connectivity index (χ4n) is 1.98. The molecular formula is C12H17NOS.